The summed E-state index contributed by atoms with van der Waals surface area (Å²) in [6.07, 6.45) is 0. The van der Waals surface area contributed by atoms with E-state index in [0.29, 0.717) is 16.8 Å². The molecule has 1 aliphatic heterocycles. The van der Waals surface area contributed by atoms with Gasteiger partial charge in [-0.15, -0.1) is 0 Å². The summed E-state index contributed by atoms with van der Waals surface area (Å²) in [6, 6.07) is 47.3. The van der Waals surface area contributed by atoms with Crippen LogP contribution >= 0.6 is 31.9 Å². The van der Waals surface area contributed by atoms with E-state index in [-0.39, 0.29) is 6.98 Å². The number of anilines is 4. The monoisotopic (exact) mass is 732 g/mol. The molecule has 10 heteroatoms. The molecular formula is C36H32B2Br2N4O2. The standard InChI is InChI=1S/C18H14BBrN2.C12H10BBrO2.C6H8N2/c20-16-10-4-2-8-14(16)13-7-1-3-9-15(13)19-21-17-11-5-6-12-18(17)22-19;14-12-8-4-2-6-10(12)9-5-1-3-7-11(9)13(15)16;7-5-3-1-2-4-6(5)8/h1-12,21-22H;1-8,15-16H;1-4H,7-8H2. The summed E-state index contributed by atoms with van der Waals surface area (Å²) < 4.78 is 2.04. The van der Waals surface area contributed by atoms with Gasteiger partial charge in [-0.05, 0) is 69.6 Å². The molecular weight excluding hydrogens is 702 g/mol. The molecule has 6 nitrogen and oxygen atoms in total. The lowest BCUT2D eigenvalue weighted by Gasteiger charge is -2.14. The van der Waals surface area contributed by atoms with E-state index in [1.165, 1.54) is 16.6 Å². The predicted molar refractivity (Wildman–Crippen MR) is 203 cm³/mol. The van der Waals surface area contributed by atoms with Gasteiger partial charge in [-0.25, -0.2) is 0 Å². The third kappa shape index (κ3) is 8.02. The summed E-state index contributed by atoms with van der Waals surface area (Å²) in [7, 11) is -1.46. The highest BCUT2D eigenvalue weighted by Crippen LogP contribution is 2.31. The minimum Gasteiger partial charge on any atom is -0.423 e. The Morgan fingerprint density at radius 2 is 0.870 bits per heavy atom. The molecule has 0 fully saturated rings. The summed E-state index contributed by atoms with van der Waals surface area (Å²) in [5.41, 5.74) is 20.3. The molecule has 1 aliphatic rings. The van der Waals surface area contributed by atoms with Gasteiger partial charge in [-0.2, -0.15) is 0 Å². The van der Waals surface area contributed by atoms with E-state index in [1.54, 1.807) is 24.3 Å². The number of nitrogens with one attached hydrogen (secondary N) is 2. The van der Waals surface area contributed by atoms with Gasteiger partial charge < -0.3 is 32.0 Å². The largest absolute Gasteiger partial charge is 0.489 e. The van der Waals surface area contributed by atoms with Crippen LogP contribution in [0.4, 0.5) is 22.7 Å². The molecule has 8 N–H and O–H groups in total. The topological polar surface area (TPSA) is 117 Å². The van der Waals surface area contributed by atoms with Crippen molar-refractivity contribution in [1.82, 2.24) is 0 Å². The van der Waals surface area contributed by atoms with Crippen LogP contribution in [-0.4, -0.2) is 24.1 Å². The average molecular weight is 734 g/mol. The van der Waals surface area contributed by atoms with Crippen LogP contribution < -0.4 is 32.8 Å². The molecule has 7 rings (SSSR count). The number of fused-ring (bicyclic) bond motifs is 1. The maximum Gasteiger partial charge on any atom is 0.489 e. The molecule has 0 atom stereocenters. The first-order chi connectivity index (χ1) is 22.3. The van der Waals surface area contributed by atoms with E-state index in [4.69, 9.17) is 11.5 Å². The van der Waals surface area contributed by atoms with E-state index >= 15 is 0 Å². The number of hydrogen-bond donors (Lipinski definition) is 6. The van der Waals surface area contributed by atoms with E-state index in [2.05, 4.69) is 109 Å². The lowest BCUT2D eigenvalue weighted by molar-refractivity contribution is 0.426. The molecule has 0 aromatic heterocycles. The number of hydrogen-bond acceptors (Lipinski definition) is 6. The van der Waals surface area contributed by atoms with Crippen LogP contribution in [-0.2, 0) is 0 Å². The van der Waals surface area contributed by atoms with Crippen LogP contribution in [0.1, 0.15) is 0 Å². The van der Waals surface area contributed by atoms with E-state index < -0.39 is 7.12 Å². The first-order valence-electron chi connectivity index (χ1n) is 14.6. The first kappa shape index (κ1) is 32.9. The van der Waals surface area contributed by atoms with Gasteiger partial charge in [-0.1, -0.05) is 141 Å². The Labute approximate surface area is 287 Å². The second kappa shape index (κ2) is 15.7. The van der Waals surface area contributed by atoms with Gasteiger partial charge >= 0.3 is 14.1 Å². The van der Waals surface area contributed by atoms with Crippen molar-refractivity contribution in [2.75, 3.05) is 21.9 Å². The number of nitrogen functional groups attached to an aromatic ring is 2. The molecule has 0 bridgehead atoms. The molecule has 1 heterocycles. The number of nitrogens with two attached hydrogens (primary N) is 2. The smallest absolute Gasteiger partial charge is 0.423 e. The minimum absolute atomic E-state index is 0.0840. The zero-order valence-corrected chi connectivity index (χ0v) is 28.0. The van der Waals surface area contributed by atoms with Crippen molar-refractivity contribution in [2.45, 2.75) is 0 Å². The number of benzene rings is 6. The van der Waals surface area contributed by atoms with Gasteiger partial charge in [0.1, 0.15) is 0 Å². The van der Waals surface area contributed by atoms with Gasteiger partial charge in [0.15, 0.2) is 0 Å². The molecule has 6 aromatic carbocycles. The molecule has 0 spiro atoms. The molecule has 0 amide bonds. The average Bonchev–Trinajstić information content (AvgIpc) is 3.52. The van der Waals surface area contributed by atoms with Crippen molar-refractivity contribution in [1.29, 1.82) is 0 Å². The maximum atomic E-state index is 9.30. The van der Waals surface area contributed by atoms with Crippen molar-refractivity contribution in [3.05, 3.63) is 155 Å². The van der Waals surface area contributed by atoms with Crippen LogP contribution in [0.2, 0.25) is 0 Å². The molecule has 6 aromatic rings. The highest BCUT2D eigenvalue weighted by molar-refractivity contribution is 9.11. The van der Waals surface area contributed by atoms with Gasteiger partial charge in [0.2, 0.25) is 0 Å². The summed E-state index contributed by atoms with van der Waals surface area (Å²) in [5.74, 6) is 0. The minimum atomic E-state index is -1.46. The zero-order valence-electron chi connectivity index (χ0n) is 24.8. The fraction of sp³-hybridized carbons (Fsp3) is 0. The predicted octanol–water partition coefficient (Wildman–Crippen LogP) is 7.00. The van der Waals surface area contributed by atoms with Crippen molar-refractivity contribution in [2.24, 2.45) is 0 Å². The quantitative estimate of drug-likeness (QED) is 0.0860. The SMILES string of the molecule is Brc1ccccc1-c1ccccc1B1Nc2ccccc2N1.Nc1ccccc1N.OB(O)c1ccccc1-c1ccccc1Br. The third-order valence-electron chi connectivity index (χ3n) is 7.36. The van der Waals surface area contributed by atoms with Crippen LogP contribution in [0.5, 0.6) is 0 Å². The van der Waals surface area contributed by atoms with Crippen molar-refractivity contribution < 1.29 is 10.0 Å². The molecule has 0 aliphatic carbocycles. The Morgan fingerprint density at radius 3 is 1.37 bits per heavy atom. The van der Waals surface area contributed by atoms with E-state index in [9.17, 15) is 10.0 Å². The van der Waals surface area contributed by atoms with E-state index in [0.717, 1.165) is 31.4 Å². The zero-order chi connectivity index (χ0) is 32.5. The van der Waals surface area contributed by atoms with Crippen LogP contribution in [0, 0.1) is 0 Å². The molecule has 0 unspecified atom stereocenters. The maximum absolute atomic E-state index is 9.30. The van der Waals surface area contributed by atoms with Crippen LogP contribution in [0.3, 0.4) is 0 Å². The van der Waals surface area contributed by atoms with Crippen LogP contribution in [0.15, 0.2) is 155 Å². The summed E-state index contributed by atoms with van der Waals surface area (Å²) in [5, 5.41) is 25.7. The Balaban J connectivity index is 0.000000152. The Kier molecular flexibility index (Phi) is 11.2. The number of rotatable bonds is 4. The van der Waals surface area contributed by atoms with Crippen LogP contribution in [0.25, 0.3) is 22.3 Å². The third-order valence-corrected chi connectivity index (χ3v) is 8.74. The summed E-state index contributed by atoms with van der Waals surface area (Å²) in [4.78, 5) is 0. The molecule has 228 valence electrons. The fourth-order valence-electron chi connectivity index (χ4n) is 5.07. The van der Waals surface area contributed by atoms with Crippen molar-refractivity contribution >= 4 is 79.6 Å². The first-order valence-corrected chi connectivity index (χ1v) is 16.2. The Bertz CT molecular complexity index is 1880. The molecule has 0 saturated carbocycles. The lowest BCUT2D eigenvalue weighted by Crippen LogP contribution is -2.43. The van der Waals surface area contributed by atoms with Gasteiger partial charge in [0.05, 0.1) is 11.4 Å². The van der Waals surface area contributed by atoms with Gasteiger partial charge in [-0.3, -0.25) is 0 Å². The molecule has 46 heavy (non-hydrogen) atoms. The lowest BCUT2D eigenvalue weighted by atomic mass is 9.66. The highest BCUT2D eigenvalue weighted by Gasteiger charge is 2.28. The highest BCUT2D eigenvalue weighted by atomic mass is 79.9. The second-order valence-electron chi connectivity index (χ2n) is 10.4. The molecule has 0 saturated heterocycles. The van der Waals surface area contributed by atoms with E-state index in [1.807, 2.05) is 54.6 Å². The number of para-hydroxylation sites is 4. The van der Waals surface area contributed by atoms with Gasteiger partial charge in [0, 0.05) is 20.3 Å². The molecule has 0 radical (unpaired) electrons. The Hall–Kier alpha value is -4.47. The van der Waals surface area contributed by atoms with Crippen molar-refractivity contribution in [3.63, 3.8) is 0 Å². The van der Waals surface area contributed by atoms with Crippen molar-refractivity contribution in [3.8, 4) is 22.3 Å². The normalized spacial score (nSPS) is 11.1. The Morgan fingerprint density at radius 1 is 0.478 bits per heavy atom. The summed E-state index contributed by atoms with van der Waals surface area (Å²) in [6.45, 7) is 0.0840. The number of halogens is 2. The summed E-state index contributed by atoms with van der Waals surface area (Å²) >= 11 is 7.12. The second-order valence-corrected chi connectivity index (χ2v) is 12.1. The van der Waals surface area contributed by atoms with Gasteiger partial charge in [0.25, 0.3) is 0 Å². The fourth-order valence-corrected chi connectivity index (χ4v) is 6.07.